The molecule has 4 aromatic rings. The maximum atomic E-state index is 13.7. The van der Waals surface area contributed by atoms with E-state index in [-0.39, 0.29) is 29.7 Å². The Kier molecular flexibility index (Phi) is 10.5. The molecule has 1 aliphatic carbocycles. The Morgan fingerprint density at radius 3 is 2.27 bits per heavy atom. The Balaban J connectivity index is 1.02. The first kappa shape index (κ1) is 34.4. The molecule has 2 saturated heterocycles. The van der Waals surface area contributed by atoms with E-state index in [2.05, 4.69) is 46.9 Å². The molecule has 2 bridgehead atoms. The summed E-state index contributed by atoms with van der Waals surface area (Å²) in [5.41, 5.74) is 11.4. The van der Waals surface area contributed by atoms with Crippen molar-refractivity contribution in [2.45, 2.75) is 88.9 Å². The highest BCUT2D eigenvalue weighted by atomic mass is 16.2. The summed E-state index contributed by atoms with van der Waals surface area (Å²) in [6, 6.07) is 17.3. The monoisotopic (exact) mass is 690 g/mol. The van der Waals surface area contributed by atoms with Crippen LogP contribution in [0.2, 0.25) is 0 Å². The average molecular weight is 691 g/mol. The number of nitrogens with zero attached hydrogens (tertiary/aromatic N) is 4. The summed E-state index contributed by atoms with van der Waals surface area (Å²) in [5, 5.41) is 26.7. The Hall–Kier alpha value is -5.01. The van der Waals surface area contributed by atoms with Gasteiger partial charge in [-0.25, -0.2) is 5.10 Å². The molecule has 0 radical (unpaired) electrons. The van der Waals surface area contributed by atoms with Crippen molar-refractivity contribution in [3.63, 3.8) is 0 Å². The highest BCUT2D eigenvalue weighted by molar-refractivity contribution is 5.98. The highest BCUT2D eigenvalue weighted by Crippen LogP contribution is 2.30. The molecule has 7 N–H and O–H groups in total. The van der Waals surface area contributed by atoms with Crippen LogP contribution < -0.4 is 27.0 Å². The number of rotatable bonds is 11. The lowest BCUT2D eigenvalue weighted by Gasteiger charge is -2.29. The molecule has 3 fully saturated rings. The van der Waals surface area contributed by atoms with Gasteiger partial charge < -0.3 is 27.0 Å². The maximum Gasteiger partial charge on any atom is 0.270 e. The predicted molar refractivity (Wildman–Crippen MR) is 193 cm³/mol. The summed E-state index contributed by atoms with van der Waals surface area (Å²) >= 11 is 0. The van der Waals surface area contributed by atoms with E-state index in [0.29, 0.717) is 48.2 Å². The van der Waals surface area contributed by atoms with Crippen molar-refractivity contribution in [1.29, 1.82) is 0 Å². The van der Waals surface area contributed by atoms with Gasteiger partial charge in [-0.1, -0.05) is 24.3 Å². The summed E-state index contributed by atoms with van der Waals surface area (Å²) in [4.78, 5) is 44.7. The summed E-state index contributed by atoms with van der Waals surface area (Å²) in [6.07, 6.45) is 9.71. The molecule has 2 aliphatic heterocycles. The van der Waals surface area contributed by atoms with E-state index in [1.54, 1.807) is 18.3 Å². The van der Waals surface area contributed by atoms with Gasteiger partial charge in [0.25, 0.3) is 5.91 Å². The summed E-state index contributed by atoms with van der Waals surface area (Å²) in [6.45, 7) is 2.62. The van der Waals surface area contributed by atoms with Crippen LogP contribution in [0.4, 0.5) is 5.69 Å². The number of aryl methyl sites for hydroxylation is 1. The van der Waals surface area contributed by atoms with Crippen molar-refractivity contribution < 1.29 is 14.4 Å². The first-order valence-electron chi connectivity index (χ1n) is 18.1. The molecule has 266 valence electrons. The molecule has 13 heteroatoms. The van der Waals surface area contributed by atoms with E-state index in [4.69, 9.17) is 5.73 Å². The summed E-state index contributed by atoms with van der Waals surface area (Å²) in [7, 11) is 0. The van der Waals surface area contributed by atoms with Crippen LogP contribution in [0.3, 0.4) is 0 Å². The van der Waals surface area contributed by atoms with E-state index in [9.17, 15) is 14.4 Å². The standard InChI is InChI=1S/C38H46N10O3/c1-22-16-33(37(50)43-31-18-29-14-15-30(19-31)41-29)40-21-32(22)25-6-2-23(3-7-25)17-34(44-36(49)27-8-4-24(20-39)5-9-27)38(51)42-28-12-10-26(11-13-28)35-45-47-48-46-35/h2-3,6-7,10-13,16,21,24,27,29-31,34,41H,4-5,8-9,14-15,17-20,39H2,1H3,(H,42,51)(H,43,50)(H,44,49)(H,45,46,47,48)/t24-,27-,29-,30+,31?,34-/m0/s1. The van der Waals surface area contributed by atoms with Crippen molar-refractivity contribution in [3.05, 3.63) is 77.6 Å². The third-order valence-electron chi connectivity index (χ3n) is 10.8. The minimum atomic E-state index is -0.787. The number of aromatic amines is 1. The fourth-order valence-electron chi connectivity index (χ4n) is 7.85. The average Bonchev–Trinajstić information content (AvgIpc) is 3.81. The van der Waals surface area contributed by atoms with E-state index < -0.39 is 6.04 Å². The number of aromatic nitrogens is 5. The van der Waals surface area contributed by atoms with Gasteiger partial charge in [0.2, 0.25) is 11.8 Å². The smallest absolute Gasteiger partial charge is 0.270 e. The second-order valence-corrected chi connectivity index (χ2v) is 14.4. The van der Waals surface area contributed by atoms with Crippen LogP contribution in [0.15, 0.2) is 60.8 Å². The normalized spacial score (nSPS) is 23.3. The summed E-state index contributed by atoms with van der Waals surface area (Å²) < 4.78 is 0. The highest BCUT2D eigenvalue weighted by Gasteiger charge is 2.34. The van der Waals surface area contributed by atoms with Gasteiger partial charge in [0.1, 0.15) is 11.7 Å². The molecule has 13 nitrogen and oxygen atoms in total. The van der Waals surface area contributed by atoms with Crippen LogP contribution in [-0.2, 0) is 16.0 Å². The van der Waals surface area contributed by atoms with E-state index in [1.807, 2.05) is 49.4 Å². The molecule has 2 aromatic heterocycles. The summed E-state index contributed by atoms with van der Waals surface area (Å²) in [5.74, 6) is 0.293. The van der Waals surface area contributed by atoms with Crippen molar-refractivity contribution >= 4 is 23.4 Å². The van der Waals surface area contributed by atoms with Crippen molar-refractivity contribution in [1.82, 2.24) is 41.6 Å². The van der Waals surface area contributed by atoms with Crippen LogP contribution in [0.25, 0.3) is 22.5 Å². The van der Waals surface area contributed by atoms with Crippen LogP contribution >= 0.6 is 0 Å². The van der Waals surface area contributed by atoms with Crippen LogP contribution in [0.5, 0.6) is 0 Å². The largest absolute Gasteiger partial charge is 0.348 e. The number of amides is 3. The first-order chi connectivity index (χ1) is 24.8. The van der Waals surface area contributed by atoms with Gasteiger partial charge in [-0.15, -0.1) is 5.10 Å². The third kappa shape index (κ3) is 8.32. The molecule has 1 unspecified atom stereocenters. The minimum Gasteiger partial charge on any atom is -0.348 e. The predicted octanol–water partition coefficient (Wildman–Crippen LogP) is 3.68. The third-order valence-corrected chi connectivity index (χ3v) is 10.8. The van der Waals surface area contributed by atoms with E-state index in [0.717, 1.165) is 66.3 Å². The number of hydrogen-bond acceptors (Lipinski definition) is 9. The number of nitrogens with two attached hydrogens (primary N) is 1. The van der Waals surface area contributed by atoms with Crippen molar-refractivity contribution in [2.24, 2.45) is 17.6 Å². The number of pyridine rings is 1. The maximum absolute atomic E-state index is 13.7. The molecule has 7 rings (SSSR count). The number of H-pyrrole nitrogens is 1. The number of carbonyl (C=O) groups is 3. The fraction of sp³-hybridized carbons (Fsp3) is 0.447. The van der Waals surface area contributed by atoms with Gasteiger partial charge >= 0.3 is 0 Å². The minimum absolute atomic E-state index is 0.103. The number of carbonyl (C=O) groups excluding carboxylic acids is 3. The molecule has 3 amide bonds. The molecule has 2 aromatic carbocycles. The zero-order valence-corrected chi connectivity index (χ0v) is 28.9. The van der Waals surface area contributed by atoms with Crippen molar-refractivity contribution in [2.75, 3.05) is 11.9 Å². The topological polar surface area (TPSA) is 193 Å². The lowest BCUT2D eigenvalue weighted by Crippen LogP contribution is -2.48. The number of fused-ring (bicyclic) bond motifs is 2. The van der Waals surface area contributed by atoms with E-state index in [1.165, 1.54) is 12.8 Å². The second kappa shape index (κ2) is 15.5. The fourth-order valence-corrected chi connectivity index (χ4v) is 7.85. The number of hydrogen-bond donors (Lipinski definition) is 6. The lowest BCUT2D eigenvalue weighted by molar-refractivity contribution is -0.130. The number of tetrazole rings is 1. The number of nitrogens with one attached hydrogen (secondary N) is 5. The Bertz CT molecular complexity index is 1810. The zero-order chi connectivity index (χ0) is 35.3. The van der Waals surface area contributed by atoms with Gasteiger partial charge in [-0.2, -0.15) is 0 Å². The molecule has 1 saturated carbocycles. The van der Waals surface area contributed by atoms with Crippen LogP contribution in [0.1, 0.15) is 73.0 Å². The molecule has 0 spiro atoms. The van der Waals surface area contributed by atoms with Gasteiger partial charge in [0.05, 0.1) is 0 Å². The Morgan fingerprint density at radius 2 is 1.63 bits per heavy atom. The van der Waals surface area contributed by atoms with E-state index >= 15 is 0 Å². The zero-order valence-electron chi connectivity index (χ0n) is 28.9. The SMILES string of the molecule is Cc1cc(C(=O)NC2C[C@H]3CC[C@@H](C2)N3)ncc1-c1ccc(C[C@H](NC(=O)[C@H]2CC[C@H](CN)CC2)C(=O)Nc2ccc(-c3nnn[nH]3)cc2)cc1. The van der Waals surface area contributed by atoms with Gasteiger partial charge in [0.15, 0.2) is 5.82 Å². The van der Waals surface area contributed by atoms with Crippen LogP contribution in [0, 0.1) is 18.8 Å². The lowest BCUT2D eigenvalue weighted by atomic mass is 9.81. The number of benzene rings is 2. The molecule has 3 aliphatic rings. The number of piperidine rings is 1. The van der Waals surface area contributed by atoms with Gasteiger partial charge in [-0.3, -0.25) is 19.4 Å². The van der Waals surface area contributed by atoms with Gasteiger partial charge in [-0.05, 0) is 128 Å². The molecular weight excluding hydrogens is 644 g/mol. The molecular formula is C38H46N10O3. The molecule has 4 heterocycles. The van der Waals surface area contributed by atoms with Gasteiger partial charge in [0, 0.05) is 53.5 Å². The second-order valence-electron chi connectivity index (χ2n) is 14.4. The Labute approximate surface area is 297 Å². The molecule has 51 heavy (non-hydrogen) atoms. The van der Waals surface area contributed by atoms with Crippen LogP contribution in [-0.4, -0.2) is 74.0 Å². The quantitative estimate of drug-likeness (QED) is 0.136. The first-order valence-corrected chi connectivity index (χ1v) is 18.1. The number of anilines is 1. The van der Waals surface area contributed by atoms with Crippen molar-refractivity contribution in [3.8, 4) is 22.5 Å². The molecule has 4 atom stereocenters. The Morgan fingerprint density at radius 1 is 0.922 bits per heavy atom.